The third-order valence-electron chi connectivity index (χ3n) is 2.88. The Balaban J connectivity index is 2.49. The van der Waals surface area contributed by atoms with E-state index >= 15 is 0 Å². The lowest BCUT2D eigenvalue weighted by Gasteiger charge is -2.26. The van der Waals surface area contributed by atoms with Crippen molar-refractivity contribution in [3.8, 4) is 0 Å². The SMILES string of the molecule is CC(C)OCCN(C)S(=O)(=O)N1CCCNCC1. The highest BCUT2D eigenvalue weighted by atomic mass is 32.2. The maximum atomic E-state index is 12.3. The lowest BCUT2D eigenvalue weighted by Crippen LogP contribution is -2.44. The molecule has 0 radical (unpaired) electrons. The van der Waals surface area contributed by atoms with Crippen molar-refractivity contribution in [1.29, 1.82) is 0 Å². The van der Waals surface area contributed by atoms with Gasteiger partial charge in [0.25, 0.3) is 10.2 Å². The summed E-state index contributed by atoms with van der Waals surface area (Å²) < 4.78 is 32.9. The molecule has 7 heteroatoms. The van der Waals surface area contributed by atoms with Gasteiger partial charge < -0.3 is 10.1 Å². The quantitative estimate of drug-likeness (QED) is 0.736. The fourth-order valence-corrected chi connectivity index (χ4v) is 3.16. The highest BCUT2D eigenvalue weighted by Crippen LogP contribution is 2.08. The Bertz CT molecular complexity index is 324. The van der Waals surface area contributed by atoms with Crippen LogP contribution in [-0.2, 0) is 14.9 Å². The third kappa shape index (κ3) is 4.81. The van der Waals surface area contributed by atoms with Crippen LogP contribution in [0, 0.1) is 0 Å². The van der Waals surface area contributed by atoms with Crippen LogP contribution in [-0.4, -0.2) is 69.5 Å². The van der Waals surface area contributed by atoms with E-state index in [-0.39, 0.29) is 6.10 Å². The molecule has 0 atom stereocenters. The summed E-state index contributed by atoms with van der Waals surface area (Å²) >= 11 is 0. The molecule has 0 unspecified atom stereocenters. The van der Waals surface area contributed by atoms with E-state index in [2.05, 4.69) is 5.32 Å². The zero-order chi connectivity index (χ0) is 13.6. The lowest BCUT2D eigenvalue weighted by atomic mass is 10.4. The molecule has 1 heterocycles. The van der Waals surface area contributed by atoms with Crippen LogP contribution in [0.15, 0.2) is 0 Å². The van der Waals surface area contributed by atoms with E-state index in [1.807, 2.05) is 13.8 Å². The molecule has 1 fully saturated rings. The van der Waals surface area contributed by atoms with Crippen molar-refractivity contribution in [2.45, 2.75) is 26.4 Å². The van der Waals surface area contributed by atoms with Crippen molar-refractivity contribution in [3.05, 3.63) is 0 Å². The molecule has 0 bridgehead atoms. The molecule has 1 aliphatic rings. The Kier molecular flexibility index (Phi) is 6.51. The van der Waals surface area contributed by atoms with Crippen LogP contribution in [0.3, 0.4) is 0 Å². The van der Waals surface area contributed by atoms with E-state index < -0.39 is 10.2 Å². The average molecular weight is 279 g/mol. The number of rotatable bonds is 6. The summed E-state index contributed by atoms with van der Waals surface area (Å²) in [6.45, 7) is 7.43. The molecule has 6 nitrogen and oxygen atoms in total. The molecular formula is C11H25N3O3S. The van der Waals surface area contributed by atoms with E-state index in [1.54, 1.807) is 11.4 Å². The van der Waals surface area contributed by atoms with Gasteiger partial charge in [-0.1, -0.05) is 0 Å². The van der Waals surface area contributed by atoms with Gasteiger partial charge in [0.1, 0.15) is 0 Å². The highest BCUT2D eigenvalue weighted by Gasteiger charge is 2.26. The van der Waals surface area contributed by atoms with Gasteiger partial charge in [0, 0.05) is 33.2 Å². The Hall–Kier alpha value is -0.210. The van der Waals surface area contributed by atoms with Gasteiger partial charge in [-0.15, -0.1) is 0 Å². The predicted octanol–water partition coefficient (Wildman–Crippen LogP) is -0.117. The normalized spacial score (nSPS) is 19.4. The fraction of sp³-hybridized carbons (Fsp3) is 1.00. The van der Waals surface area contributed by atoms with Gasteiger partial charge in [-0.2, -0.15) is 17.0 Å². The van der Waals surface area contributed by atoms with Crippen molar-refractivity contribution in [2.24, 2.45) is 0 Å². The van der Waals surface area contributed by atoms with E-state index in [4.69, 9.17) is 4.74 Å². The van der Waals surface area contributed by atoms with Gasteiger partial charge in [-0.3, -0.25) is 0 Å². The summed E-state index contributed by atoms with van der Waals surface area (Å²) in [6.07, 6.45) is 0.985. The number of ether oxygens (including phenoxy) is 1. The minimum Gasteiger partial charge on any atom is -0.377 e. The van der Waals surface area contributed by atoms with E-state index in [0.29, 0.717) is 26.2 Å². The monoisotopic (exact) mass is 279 g/mol. The van der Waals surface area contributed by atoms with Gasteiger partial charge in [-0.05, 0) is 26.8 Å². The number of nitrogens with one attached hydrogen (secondary N) is 1. The molecule has 1 saturated heterocycles. The van der Waals surface area contributed by atoms with Crippen LogP contribution in [0.4, 0.5) is 0 Å². The molecule has 0 aromatic carbocycles. The first-order valence-electron chi connectivity index (χ1n) is 6.48. The zero-order valence-electron chi connectivity index (χ0n) is 11.6. The summed E-state index contributed by atoms with van der Waals surface area (Å²) in [5.41, 5.74) is 0. The van der Waals surface area contributed by atoms with Crippen molar-refractivity contribution in [2.75, 3.05) is 46.4 Å². The van der Waals surface area contributed by atoms with E-state index in [0.717, 1.165) is 19.5 Å². The Labute approximate surface area is 110 Å². The first kappa shape index (κ1) is 15.8. The molecule has 108 valence electrons. The molecular weight excluding hydrogens is 254 g/mol. The smallest absolute Gasteiger partial charge is 0.281 e. The first-order valence-corrected chi connectivity index (χ1v) is 7.88. The molecule has 0 aromatic rings. The second-order valence-electron chi connectivity index (χ2n) is 4.75. The topological polar surface area (TPSA) is 61.9 Å². The van der Waals surface area contributed by atoms with Crippen molar-refractivity contribution >= 4 is 10.2 Å². The molecule has 0 saturated carbocycles. The summed E-state index contributed by atoms with van der Waals surface area (Å²) in [5.74, 6) is 0. The molecule has 0 spiro atoms. The van der Waals surface area contributed by atoms with Gasteiger partial charge in [-0.25, -0.2) is 0 Å². The Morgan fingerprint density at radius 1 is 1.33 bits per heavy atom. The van der Waals surface area contributed by atoms with Crippen LogP contribution in [0.2, 0.25) is 0 Å². The second-order valence-corrected chi connectivity index (χ2v) is 6.79. The highest BCUT2D eigenvalue weighted by molar-refractivity contribution is 7.86. The molecule has 0 aliphatic carbocycles. The maximum absolute atomic E-state index is 12.3. The second kappa shape index (κ2) is 7.40. The number of hydrogen-bond donors (Lipinski definition) is 1. The number of nitrogens with zero attached hydrogens (tertiary/aromatic N) is 2. The van der Waals surface area contributed by atoms with Gasteiger partial charge in [0.15, 0.2) is 0 Å². The van der Waals surface area contributed by atoms with E-state index in [1.165, 1.54) is 4.31 Å². The zero-order valence-corrected chi connectivity index (χ0v) is 12.4. The molecule has 1 rings (SSSR count). The average Bonchev–Trinajstić information content (AvgIpc) is 2.57. The largest absolute Gasteiger partial charge is 0.377 e. The maximum Gasteiger partial charge on any atom is 0.281 e. The minimum atomic E-state index is -3.34. The van der Waals surface area contributed by atoms with Crippen LogP contribution < -0.4 is 5.32 Å². The van der Waals surface area contributed by atoms with Crippen LogP contribution in [0.5, 0.6) is 0 Å². The standard InChI is InChI=1S/C11H25N3O3S/c1-11(2)17-10-9-13(3)18(15,16)14-7-4-5-12-6-8-14/h11-12H,4-10H2,1-3H3. The molecule has 1 aliphatic heterocycles. The summed E-state index contributed by atoms with van der Waals surface area (Å²) in [5, 5.41) is 3.20. The number of hydrogen-bond acceptors (Lipinski definition) is 4. The summed E-state index contributed by atoms with van der Waals surface area (Å²) in [7, 11) is -1.73. The van der Waals surface area contributed by atoms with Gasteiger partial charge in [0.2, 0.25) is 0 Å². The fourth-order valence-electron chi connectivity index (χ4n) is 1.78. The van der Waals surface area contributed by atoms with Crippen molar-refractivity contribution in [3.63, 3.8) is 0 Å². The van der Waals surface area contributed by atoms with Crippen LogP contribution in [0.25, 0.3) is 0 Å². The first-order chi connectivity index (χ1) is 8.44. The molecule has 0 aromatic heterocycles. The van der Waals surface area contributed by atoms with Crippen LogP contribution in [0.1, 0.15) is 20.3 Å². The number of likely N-dealkylation sites (N-methyl/N-ethyl adjacent to an activating group) is 1. The molecule has 1 N–H and O–H groups in total. The Morgan fingerprint density at radius 2 is 2.06 bits per heavy atom. The van der Waals surface area contributed by atoms with E-state index in [9.17, 15) is 8.42 Å². The predicted molar refractivity (Wildman–Crippen MR) is 71.7 cm³/mol. The minimum absolute atomic E-state index is 0.128. The van der Waals surface area contributed by atoms with Gasteiger partial charge >= 0.3 is 0 Å². The molecule has 0 amide bonds. The van der Waals surface area contributed by atoms with Crippen molar-refractivity contribution in [1.82, 2.24) is 13.9 Å². The van der Waals surface area contributed by atoms with Gasteiger partial charge in [0.05, 0.1) is 12.7 Å². The third-order valence-corrected chi connectivity index (χ3v) is 4.86. The lowest BCUT2D eigenvalue weighted by molar-refractivity contribution is 0.0730. The molecule has 18 heavy (non-hydrogen) atoms. The van der Waals surface area contributed by atoms with Crippen molar-refractivity contribution < 1.29 is 13.2 Å². The summed E-state index contributed by atoms with van der Waals surface area (Å²) in [6, 6.07) is 0. The summed E-state index contributed by atoms with van der Waals surface area (Å²) in [4.78, 5) is 0. The van der Waals surface area contributed by atoms with Crippen LogP contribution >= 0.6 is 0 Å². The Morgan fingerprint density at radius 3 is 2.72 bits per heavy atom.